The summed E-state index contributed by atoms with van der Waals surface area (Å²) in [4.78, 5) is 22.9. The van der Waals surface area contributed by atoms with E-state index in [1.54, 1.807) is 11.3 Å². The molecule has 33 heavy (non-hydrogen) atoms. The molecule has 0 saturated heterocycles. The molecule has 1 aromatic carbocycles. The first-order chi connectivity index (χ1) is 16.0. The van der Waals surface area contributed by atoms with E-state index in [9.17, 15) is 9.18 Å². The second-order valence-electron chi connectivity index (χ2n) is 8.85. The number of benzene rings is 1. The predicted octanol–water partition coefficient (Wildman–Crippen LogP) is 4.59. The van der Waals surface area contributed by atoms with Crippen molar-refractivity contribution in [2.45, 2.75) is 56.2 Å². The van der Waals surface area contributed by atoms with Crippen molar-refractivity contribution < 1.29 is 13.9 Å². The second kappa shape index (κ2) is 9.74. The van der Waals surface area contributed by atoms with Crippen LogP contribution in [0.5, 0.6) is 5.75 Å². The number of ether oxygens (including phenoxy) is 2. The first-order valence-electron chi connectivity index (χ1n) is 11.4. The summed E-state index contributed by atoms with van der Waals surface area (Å²) in [5.74, 6) is 0.845. The maximum Gasteiger partial charge on any atom is 0.263 e. The van der Waals surface area contributed by atoms with Crippen molar-refractivity contribution >= 4 is 33.3 Å². The number of rotatable bonds is 7. The van der Waals surface area contributed by atoms with Crippen LogP contribution in [-0.2, 0) is 36.5 Å². The summed E-state index contributed by atoms with van der Waals surface area (Å²) in [7, 11) is 4.07. The summed E-state index contributed by atoms with van der Waals surface area (Å²) >= 11 is 3.14. The molecule has 0 atom stereocenters. The zero-order valence-corrected chi connectivity index (χ0v) is 20.6. The van der Waals surface area contributed by atoms with Crippen LogP contribution in [0, 0.1) is 5.82 Å². The quantitative estimate of drug-likeness (QED) is 0.358. The molecule has 9 heteroatoms. The van der Waals surface area contributed by atoms with Gasteiger partial charge < -0.3 is 14.4 Å². The molecule has 0 N–H and O–H groups in total. The molecule has 0 unspecified atom stereocenters. The van der Waals surface area contributed by atoms with Gasteiger partial charge in [-0.3, -0.25) is 9.36 Å². The highest BCUT2D eigenvalue weighted by Crippen LogP contribution is 2.37. The molecule has 1 aliphatic heterocycles. The first kappa shape index (κ1) is 22.8. The normalized spacial score (nSPS) is 15.5. The Morgan fingerprint density at radius 1 is 1.27 bits per heavy atom. The van der Waals surface area contributed by atoms with Crippen LogP contribution in [0.25, 0.3) is 10.2 Å². The highest BCUT2D eigenvalue weighted by Gasteiger charge is 2.23. The van der Waals surface area contributed by atoms with E-state index in [2.05, 4.69) is 4.90 Å². The van der Waals surface area contributed by atoms with Gasteiger partial charge in [0.15, 0.2) is 11.9 Å². The van der Waals surface area contributed by atoms with Gasteiger partial charge in [-0.1, -0.05) is 11.8 Å². The fourth-order valence-electron chi connectivity index (χ4n) is 4.58. The number of nitrogens with zero attached hydrogens (tertiary/aromatic N) is 3. The average Bonchev–Trinajstić information content (AvgIpc) is 3.17. The summed E-state index contributed by atoms with van der Waals surface area (Å²) in [5.41, 5.74) is 2.75. The van der Waals surface area contributed by atoms with E-state index in [1.807, 2.05) is 18.7 Å². The lowest BCUT2D eigenvalue weighted by Crippen LogP contribution is -2.26. The lowest BCUT2D eigenvalue weighted by molar-refractivity contribution is -0.0171. The van der Waals surface area contributed by atoms with Gasteiger partial charge >= 0.3 is 0 Å². The third-order valence-corrected chi connectivity index (χ3v) is 8.35. The fourth-order valence-corrected chi connectivity index (χ4v) is 6.87. The van der Waals surface area contributed by atoms with E-state index < -0.39 is 0 Å². The van der Waals surface area contributed by atoms with Gasteiger partial charge in [0.2, 0.25) is 0 Å². The molecule has 3 aromatic rings. The van der Waals surface area contributed by atoms with Gasteiger partial charge in [0.1, 0.15) is 16.4 Å². The number of thioether (sulfide) groups is 1. The van der Waals surface area contributed by atoms with E-state index in [4.69, 9.17) is 14.5 Å². The van der Waals surface area contributed by atoms with Gasteiger partial charge in [-0.25, -0.2) is 9.37 Å². The highest BCUT2D eigenvalue weighted by atomic mass is 32.2. The minimum atomic E-state index is -0.309. The molecule has 6 nitrogen and oxygen atoms in total. The summed E-state index contributed by atoms with van der Waals surface area (Å²) in [5, 5.41) is 1.50. The van der Waals surface area contributed by atoms with Gasteiger partial charge in [-0.05, 0) is 70.4 Å². The Morgan fingerprint density at radius 3 is 2.97 bits per heavy atom. The Bertz CT molecular complexity index is 1240. The third-order valence-electron chi connectivity index (χ3n) is 6.14. The molecule has 5 rings (SSSR count). The van der Waals surface area contributed by atoms with Crippen molar-refractivity contribution in [2.75, 3.05) is 27.4 Å². The molecular formula is C24H28FN3O3S2. The summed E-state index contributed by atoms with van der Waals surface area (Å²) in [6, 6.07) is 2.97. The van der Waals surface area contributed by atoms with Gasteiger partial charge in [-0.15, -0.1) is 11.3 Å². The standard InChI is InChI=1S/C24H28FN3O3S2/c1-27(2)8-5-9-28-23(29)20-18-6-3-4-7-19(18)33-22(20)26-24(28)32-13-16-11-17(25)10-15-12-30-14-31-21(15)16/h10-11H,3-9,12-14H2,1-2H3. The number of hydrogen-bond acceptors (Lipinski definition) is 7. The van der Waals surface area contributed by atoms with Crippen LogP contribution in [0.2, 0.25) is 0 Å². The van der Waals surface area contributed by atoms with Gasteiger partial charge in [0.25, 0.3) is 5.56 Å². The SMILES string of the molecule is CN(C)CCCn1c(SCc2cc(F)cc3c2OCOC3)nc2sc3c(c2c1=O)CCCC3. The minimum absolute atomic E-state index is 0.0616. The minimum Gasteiger partial charge on any atom is -0.467 e. The fraction of sp³-hybridized carbons (Fsp3) is 0.500. The smallest absolute Gasteiger partial charge is 0.263 e. The number of aromatic nitrogens is 2. The summed E-state index contributed by atoms with van der Waals surface area (Å²) in [6.07, 6.45) is 5.16. The number of thiophene rings is 1. The molecule has 1 aliphatic carbocycles. The third kappa shape index (κ3) is 4.69. The topological polar surface area (TPSA) is 56.6 Å². The maximum atomic E-state index is 14.2. The Morgan fingerprint density at radius 2 is 2.12 bits per heavy atom. The zero-order valence-electron chi connectivity index (χ0n) is 19.0. The molecule has 0 fully saturated rings. The van der Waals surface area contributed by atoms with Crippen LogP contribution in [0.4, 0.5) is 4.39 Å². The largest absolute Gasteiger partial charge is 0.467 e. The van der Waals surface area contributed by atoms with Crippen molar-refractivity contribution in [1.82, 2.24) is 14.5 Å². The first-order valence-corrected chi connectivity index (χ1v) is 13.2. The van der Waals surface area contributed by atoms with Gasteiger partial charge in [0.05, 0.1) is 12.0 Å². The van der Waals surface area contributed by atoms with Crippen molar-refractivity contribution in [3.05, 3.63) is 49.9 Å². The molecule has 176 valence electrons. The van der Waals surface area contributed by atoms with Gasteiger partial charge in [-0.2, -0.15) is 0 Å². The summed E-state index contributed by atoms with van der Waals surface area (Å²) in [6.45, 7) is 2.00. The molecule has 0 amide bonds. The van der Waals surface area contributed by atoms with Crippen LogP contribution in [0.3, 0.4) is 0 Å². The Kier molecular flexibility index (Phi) is 6.74. The Hall–Kier alpha value is -1.94. The molecule has 0 spiro atoms. The Balaban J connectivity index is 1.51. The molecule has 2 aliphatic rings. The van der Waals surface area contributed by atoms with E-state index in [0.29, 0.717) is 29.8 Å². The van der Waals surface area contributed by atoms with Crippen molar-refractivity contribution in [1.29, 1.82) is 0 Å². The van der Waals surface area contributed by atoms with E-state index >= 15 is 0 Å². The number of halogens is 1. The van der Waals surface area contributed by atoms with Crippen molar-refractivity contribution in [2.24, 2.45) is 0 Å². The molecule has 0 saturated carbocycles. The lowest BCUT2D eigenvalue weighted by atomic mass is 9.97. The molecular weight excluding hydrogens is 461 g/mol. The summed E-state index contributed by atoms with van der Waals surface area (Å²) < 4.78 is 27.0. The van der Waals surface area contributed by atoms with Crippen LogP contribution in [-0.4, -0.2) is 41.9 Å². The monoisotopic (exact) mass is 489 g/mol. The molecule has 0 radical (unpaired) electrons. The van der Waals surface area contributed by atoms with Crippen molar-refractivity contribution in [3.63, 3.8) is 0 Å². The maximum absolute atomic E-state index is 14.2. The van der Waals surface area contributed by atoms with Crippen LogP contribution in [0.15, 0.2) is 22.1 Å². The lowest BCUT2D eigenvalue weighted by Gasteiger charge is -2.21. The van der Waals surface area contributed by atoms with Crippen LogP contribution < -0.4 is 10.3 Å². The molecule has 0 bridgehead atoms. The predicted molar refractivity (Wildman–Crippen MR) is 130 cm³/mol. The molecule has 3 heterocycles. The highest BCUT2D eigenvalue weighted by molar-refractivity contribution is 7.98. The number of aryl methyl sites for hydroxylation is 2. The molecule has 2 aromatic heterocycles. The van der Waals surface area contributed by atoms with Crippen LogP contribution >= 0.6 is 23.1 Å². The van der Waals surface area contributed by atoms with E-state index in [-0.39, 0.29) is 18.2 Å². The number of fused-ring (bicyclic) bond motifs is 4. The zero-order chi connectivity index (χ0) is 22.9. The number of hydrogen-bond donors (Lipinski definition) is 0. The second-order valence-corrected chi connectivity index (χ2v) is 10.9. The van der Waals surface area contributed by atoms with E-state index in [1.165, 1.54) is 40.8 Å². The van der Waals surface area contributed by atoms with Gasteiger partial charge in [0, 0.05) is 28.3 Å². The van der Waals surface area contributed by atoms with E-state index in [0.717, 1.165) is 53.6 Å². The van der Waals surface area contributed by atoms with Crippen molar-refractivity contribution in [3.8, 4) is 5.75 Å². The Labute approximate surface area is 200 Å². The average molecular weight is 490 g/mol. The van der Waals surface area contributed by atoms with Crippen LogP contribution in [0.1, 0.15) is 40.8 Å².